The molecule has 3 aromatic rings. The Morgan fingerprint density at radius 2 is 1.74 bits per heavy atom. The first-order valence-electron chi connectivity index (χ1n) is 7.58. The van der Waals surface area contributed by atoms with Gasteiger partial charge in [0.15, 0.2) is 17.5 Å². The maximum absolute atomic E-state index is 13.2. The van der Waals surface area contributed by atoms with E-state index in [0.29, 0.717) is 11.1 Å². The van der Waals surface area contributed by atoms with E-state index < -0.39 is 17.5 Å². The van der Waals surface area contributed by atoms with Crippen LogP contribution in [0, 0.1) is 28.8 Å². The van der Waals surface area contributed by atoms with Gasteiger partial charge < -0.3 is 16.2 Å². The van der Waals surface area contributed by atoms with E-state index in [1.807, 2.05) is 6.07 Å². The van der Waals surface area contributed by atoms with E-state index in [-0.39, 0.29) is 35.4 Å². The number of nitrogens with two attached hydrogens (primary N) is 2. The zero-order chi connectivity index (χ0) is 19.6. The van der Waals surface area contributed by atoms with Crippen LogP contribution in [0.4, 0.5) is 24.9 Å². The minimum atomic E-state index is -1.56. The van der Waals surface area contributed by atoms with Gasteiger partial charge in [0.25, 0.3) is 0 Å². The van der Waals surface area contributed by atoms with Crippen molar-refractivity contribution in [2.24, 2.45) is 0 Å². The Labute approximate surface area is 151 Å². The normalized spacial score (nSPS) is 10.4. The average Bonchev–Trinajstić information content (AvgIpc) is 2.64. The van der Waals surface area contributed by atoms with E-state index in [9.17, 15) is 18.4 Å². The van der Waals surface area contributed by atoms with Crippen molar-refractivity contribution in [1.29, 1.82) is 5.26 Å². The van der Waals surface area contributed by atoms with Crippen molar-refractivity contribution in [3.05, 3.63) is 65.0 Å². The molecule has 0 unspecified atom stereocenters. The van der Waals surface area contributed by atoms with E-state index in [1.165, 1.54) is 0 Å². The summed E-state index contributed by atoms with van der Waals surface area (Å²) in [7, 11) is 0. The lowest BCUT2D eigenvalue weighted by molar-refractivity contribution is 0.299. The predicted octanol–water partition coefficient (Wildman–Crippen LogP) is 3.18. The molecule has 4 N–H and O–H groups in total. The summed E-state index contributed by atoms with van der Waals surface area (Å²) >= 11 is 0. The molecule has 0 spiro atoms. The highest BCUT2D eigenvalue weighted by atomic mass is 19.2. The fourth-order valence-electron chi connectivity index (χ4n) is 2.41. The molecule has 0 radical (unpaired) electrons. The summed E-state index contributed by atoms with van der Waals surface area (Å²) in [5, 5.41) is 9.27. The van der Waals surface area contributed by atoms with Crippen LogP contribution in [-0.4, -0.2) is 9.97 Å². The molecule has 0 saturated carbocycles. The zero-order valence-corrected chi connectivity index (χ0v) is 13.7. The number of rotatable bonds is 4. The van der Waals surface area contributed by atoms with E-state index >= 15 is 0 Å². The fraction of sp³-hybridized carbons (Fsp3) is 0.0556. The molecular weight excluding hydrogens is 359 g/mol. The summed E-state index contributed by atoms with van der Waals surface area (Å²) < 4.78 is 44.8. The van der Waals surface area contributed by atoms with Crippen LogP contribution in [0.15, 0.2) is 36.4 Å². The second kappa shape index (κ2) is 7.21. The monoisotopic (exact) mass is 371 g/mol. The summed E-state index contributed by atoms with van der Waals surface area (Å²) in [5.74, 6) is -4.54. The van der Waals surface area contributed by atoms with Crippen LogP contribution in [0.1, 0.15) is 11.1 Å². The van der Waals surface area contributed by atoms with E-state index in [2.05, 4.69) is 9.97 Å². The molecule has 0 bridgehead atoms. The van der Waals surface area contributed by atoms with Gasteiger partial charge in [0, 0.05) is 17.7 Å². The Balaban J connectivity index is 1.88. The van der Waals surface area contributed by atoms with Gasteiger partial charge in [-0.15, -0.1) is 0 Å². The highest BCUT2D eigenvalue weighted by Crippen LogP contribution is 2.26. The zero-order valence-electron chi connectivity index (χ0n) is 13.7. The minimum Gasteiger partial charge on any atom is -0.489 e. The Morgan fingerprint density at radius 1 is 1.04 bits per heavy atom. The molecule has 0 aliphatic heterocycles. The minimum absolute atomic E-state index is 0.0427. The molecule has 0 atom stereocenters. The number of nitrogens with zero attached hydrogens (tertiary/aromatic N) is 3. The van der Waals surface area contributed by atoms with E-state index in [1.54, 1.807) is 24.3 Å². The Kier molecular flexibility index (Phi) is 4.81. The van der Waals surface area contributed by atoms with Crippen LogP contribution >= 0.6 is 0 Å². The first-order valence-corrected chi connectivity index (χ1v) is 7.58. The van der Waals surface area contributed by atoms with Crippen LogP contribution in [0.3, 0.4) is 0 Å². The molecule has 1 aromatic heterocycles. The molecule has 6 nitrogen and oxygen atoms in total. The lowest BCUT2D eigenvalue weighted by Gasteiger charge is -2.10. The third-order valence-corrected chi connectivity index (χ3v) is 3.63. The van der Waals surface area contributed by atoms with Gasteiger partial charge in [0.2, 0.25) is 5.95 Å². The summed E-state index contributed by atoms with van der Waals surface area (Å²) in [5.41, 5.74) is 12.8. The van der Waals surface area contributed by atoms with Crippen molar-refractivity contribution in [2.45, 2.75) is 6.61 Å². The third kappa shape index (κ3) is 3.74. The predicted molar refractivity (Wildman–Crippen MR) is 91.7 cm³/mol. The molecule has 9 heteroatoms. The van der Waals surface area contributed by atoms with Gasteiger partial charge in [-0.3, -0.25) is 0 Å². The van der Waals surface area contributed by atoms with Crippen LogP contribution in [0.2, 0.25) is 0 Å². The number of halogens is 3. The summed E-state index contributed by atoms with van der Waals surface area (Å²) in [6.07, 6.45) is 0. The fourth-order valence-corrected chi connectivity index (χ4v) is 2.41. The summed E-state index contributed by atoms with van der Waals surface area (Å²) in [4.78, 5) is 7.80. The topological polar surface area (TPSA) is 111 Å². The maximum Gasteiger partial charge on any atom is 0.222 e. The summed E-state index contributed by atoms with van der Waals surface area (Å²) in [6, 6.07) is 10.1. The molecular formula is C18H12F3N5O. The second-order valence-corrected chi connectivity index (χ2v) is 5.49. The van der Waals surface area contributed by atoms with Crippen molar-refractivity contribution in [2.75, 3.05) is 11.5 Å². The van der Waals surface area contributed by atoms with Crippen molar-refractivity contribution < 1.29 is 17.9 Å². The smallest absolute Gasteiger partial charge is 0.222 e. The SMILES string of the molecule is N#Cc1c(N)nc(N)nc1-c1cccc(COc2cc(F)c(F)c(F)c2)c1. The van der Waals surface area contributed by atoms with Gasteiger partial charge >= 0.3 is 0 Å². The van der Waals surface area contributed by atoms with Gasteiger partial charge in [0.1, 0.15) is 29.8 Å². The summed E-state index contributed by atoms with van der Waals surface area (Å²) in [6.45, 7) is -0.0592. The van der Waals surface area contributed by atoms with Crippen molar-refractivity contribution >= 4 is 11.8 Å². The van der Waals surface area contributed by atoms with Crippen molar-refractivity contribution in [3.63, 3.8) is 0 Å². The number of aromatic nitrogens is 2. The lowest BCUT2D eigenvalue weighted by Crippen LogP contribution is -2.05. The van der Waals surface area contributed by atoms with Crippen molar-refractivity contribution in [1.82, 2.24) is 9.97 Å². The molecule has 2 aromatic carbocycles. The number of anilines is 2. The number of nitrogen functional groups attached to an aromatic ring is 2. The van der Waals surface area contributed by atoms with Crippen LogP contribution in [-0.2, 0) is 6.61 Å². The quantitative estimate of drug-likeness (QED) is 0.682. The number of hydrogen-bond acceptors (Lipinski definition) is 6. The molecule has 27 heavy (non-hydrogen) atoms. The molecule has 0 aliphatic rings. The highest BCUT2D eigenvalue weighted by molar-refractivity contribution is 5.73. The van der Waals surface area contributed by atoms with Gasteiger partial charge in [-0.1, -0.05) is 18.2 Å². The molecule has 0 aliphatic carbocycles. The largest absolute Gasteiger partial charge is 0.489 e. The molecule has 136 valence electrons. The number of hydrogen-bond donors (Lipinski definition) is 2. The van der Waals surface area contributed by atoms with Crippen LogP contribution in [0.25, 0.3) is 11.3 Å². The number of ether oxygens (including phenoxy) is 1. The molecule has 0 fully saturated rings. The molecule has 0 saturated heterocycles. The van der Waals surface area contributed by atoms with E-state index in [0.717, 1.165) is 12.1 Å². The maximum atomic E-state index is 13.2. The molecule has 1 heterocycles. The average molecular weight is 371 g/mol. The Morgan fingerprint density at radius 3 is 2.41 bits per heavy atom. The lowest BCUT2D eigenvalue weighted by atomic mass is 10.0. The van der Waals surface area contributed by atoms with Gasteiger partial charge in [-0.25, -0.2) is 18.2 Å². The van der Waals surface area contributed by atoms with Crippen molar-refractivity contribution in [3.8, 4) is 23.1 Å². The van der Waals surface area contributed by atoms with Gasteiger partial charge in [-0.05, 0) is 11.6 Å². The standard InChI is InChI=1S/C18H12F3N5O/c19-13-5-11(6-14(20)15(13)21)27-8-9-2-1-3-10(4-9)16-12(7-22)17(23)26-18(24)25-16/h1-6H,8H2,(H4,23,24,25,26). The molecule has 3 rings (SSSR count). The van der Waals surface area contributed by atoms with Gasteiger partial charge in [0.05, 0.1) is 5.69 Å². The van der Waals surface area contributed by atoms with E-state index in [4.69, 9.17) is 16.2 Å². The Bertz CT molecular complexity index is 1040. The number of nitriles is 1. The number of benzene rings is 2. The highest BCUT2D eigenvalue weighted by Gasteiger charge is 2.14. The third-order valence-electron chi connectivity index (χ3n) is 3.63. The van der Waals surface area contributed by atoms with Gasteiger partial charge in [-0.2, -0.15) is 10.2 Å². The Hall–Kier alpha value is -3.80. The first kappa shape index (κ1) is 18.0. The molecule has 0 amide bonds. The first-order chi connectivity index (χ1) is 12.9. The van der Waals surface area contributed by atoms with Crippen LogP contribution < -0.4 is 16.2 Å². The second-order valence-electron chi connectivity index (χ2n) is 5.49. The van der Waals surface area contributed by atoms with Crippen LogP contribution in [0.5, 0.6) is 5.75 Å².